The number of anilines is 1. The minimum atomic E-state index is -1.01. The number of aryl methyl sites for hydroxylation is 1. The van der Waals surface area contributed by atoms with Crippen molar-refractivity contribution in [3.8, 4) is 0 Å². The number of nitrogens with zero attached hydrogens (tertiary/aromatic N) is 1. The molecule has 0 bridgehead atoms. The molecule has 0 spiro atoms. The third-order valence-corrected chi connectivity index (χ3v) is 3.80. The predicted molar refractivity (Wildman–Crippen MR) is 93.6 cm³/mol. The van der Waals surface area contributed by atoms with Crippen molar-refractivity contribution >= 4 is 40.8 Å². The van der Waals surface area contributed by atoms with Crippen LogP contribution < -0.4 is 5.32 Å². The van der Waals surface area contributed by atoms with Crippen molar-refractivity contribution in [3.63, 3.8) is 0 Å². The second-order valence-electron chi connectivity index (χ2n) is 5.05. The number of halogens is 2. The summed E-state index contributed by atoms with van der Waals surface area (Å²) in [5.41, 5.74) is 1.66. The summed E-state index contributed by atoms with van der Waals surface area (Å²) in [6.07, 6.45) is -0.101. The number of ether oxygens (including phenoxy) is 1. The van der Waals surface area contributed by atoms with Crippen LogP contribution in [0.4, 0.5) is 5.69 Å². The molecule has 1 atom stereocenters. The Balaban J connectivity index is 2.00. The second kappa shape index (κ2) is 8.13. The highest BCUT2D eigenvalue weighted by molar-refractivity contribution is 6.34. The number of hydrogen-bond acceptors (Lipinski definition) is 4. The first-order chi connectivity index (χ1) is 11.4. The molecule has 0 radical (unpaired) electrons. The molecule has 0 saturated carbocycles. The highest BCUT2D eigenvalue weighted by Gasteiger charge is 2.22. The van der Waals surface area contributed by atoms with Crippen LogP contribution in [0.5, 0.6) is 0 Å². The van der Waals surface area contributed by atoms with Crippen molar-refractivity contribution in [3.05, 3.63) is 57.8 Å². The Hall–Kier alpha value is -2.11. The molecule has 1 heterocycles. The highest BCUT2D eigenvalue weighted by Crippen LogP contribution is 2.18. The molecule has 0 unspecified atom stereocenters. The summed E-state index contributed by atoms with van der Waals surface area (Å²) >= 11 is 11.6. The lowest BCUT2D eigenvalue weighted by Crippen LogP contribution is -2.30. The fourth-order valence-electron chi connectivity index (χ4n) is 1.90. The number of hydrogen-bond donors (Lipinski definition) is 1. The first-order valence-corrected chi connectivity index (χ1v) is 8.09. The zero-order valence-corrected chi connectivity index (χ0v) is 14.7. The molecule has 0 aliphatic rings. The number of carbonyl (C=O) groups is 2. The molecule has 0 fully saturated rings. The van der Waals surface area contributed by atoms with Gasteiger partial charge in [0.1, 0.15) is 5.15 Å². The third-order valence-electron chi connectivity index (χ3n) is 3.29. The van der Waals surface area contributed by atoms with E-state index in [1.165, 1.54) is 19.1 Å². The quantitative estimate of drug-likeness (QED) is 0.637. The van der Waals surface area contributed by atoms with Gasteiger partial charge in [-0.1, -0.05) is 42.3 Å². The molecule has 1 aromatic carbocycles. The van der Waals surface area contributed by atoms with Crippen LogP contribution in [0.25, 0.3) is 0 Å². The fourth-order valence-corrected chi connectivity index (χ4v) is 2.23. The van der Waals surface area contributed by atoms with Gasteiger partial charge in [0.2, 0.25) is 0 Å². The summed E-state index contributed by atoms with van der Waals surface area (Å²) in [6.45, 7) is 3.51. The molecule has 1 amide bonds. The molecule has 0 aliphatic carbocycles. The van der Waals surface area contributed by atoms with Crippen molar-refractivity contribution < 1.29 is 14.3 Å². The Morgan fingerprint density at radius 2 is 1.83 bits per heavy atom. The second-order valence-corrected chi connectivity index (χ2v) is 5.85. The molecule has 24 heavy (non-hydrogen) atoms. The van der Waals surface area contributed by atoms with Crippen LogP contribution in [0.1, 0.15) is 29.9 Å². The first-order valence-electron chi connectivity index (χ1n) is 7.33. The number of esters is 1. The molecule has 1 aromatic heterocycles. The average Bonchev–Trinajstić information content (AvgIpc) is 2.57. The monoisotopic (exact) mass is 366 g/mol. The molecule has 0 saturated heterocycles. The summed E-state index contributed by atoms with van der Waals surface area (Å²) < 4.78 is 5.09. The van der Waals surface area contributed by atoms with Crippen LogP contribution in [0.15, 0.2) is 36.4 Å². The molecular weight excluding hydrogens is 351 g/mol. The van der Waals surface area contributed by atoms with Gasteiger partial charge >= 0.3 is 5.97 Å². The van der Waals surface area contributed by atoms with E-state index in [-0.39, 0.29) is 15.9 Å². The smallest absolute Gasteiger partial charge is 0.359 e. The summed E-state index contributed by atoms with van der Waals surface area (Å²) in [6, 6.07) is 10.3. The van der Waals surface area contributed by atoms with Gasteiger partial charge in [-0.25, -0.2) is 9.78 Å². The average molecular weight is 367 g/mol. The van der Waals surface area contributed by atoms with Gasteiger partial charge in [-0.3, -0.25) is 4.79 Å². The van der Waals surface area contributed by atoms with Crippen LogP contribution >= 0.6 is 23.2 Å². The summed E-state index contributed by atoms with van der Waals surface area (Å²) in [4.78, 5) is 28.0. The zero-order chi connectivity index (χ0) is 17.7. The van der Waals surface area contributed by atoms with Crippen molar-refractivity contribution in [1.29, 1.82) is 0 Å². The van der Waals surface area contributed by atoms with E-state index >= 15 is 0 Å². The molecule has 7 heteroatoms. The Morgan fingerprint density at radius 1 is 1.17 bits per heavy atom. The summed E-state index contributed by atoms with van der Waals surface area (Å²) in [5.74, 6) is -1.27. The van der Waals surface area contributed by atoms with Crippen molar-refractivity contribution in [2.75, 3.05) is 5.32 Å². The number of rotatable bonds is 5. The molecule has 2 rings (SSSR count). The topological polar surface area (TPSA) is 68.3 Å². The number of carbonyl (C=O) groups excluding carboxylic acids is 2. The van der Waals surface area contributed by atoms with E-state index in [2.05, 4.69) is 10.3 Å². The van der Waals surface area contributed by atoms with Gasteiger partial charge in [0.25, 0.3) is 5.91 Å². The van der Waals surface area contributed by atoms with Gasteiger partial charge in [-0.15, -0.1) is 0 Å². The van der Waals surface area contributed by atoms with E-state index < -0.39 is 18.0 Å². The SMILES string of the molecule is CCc1ccc(NC(=O)[C@@H](C)OC(=O)c2nc(Cl)ccc2Cl)cc1. The maximum atomic E-state index is 12.1. The number of nitrogens with one attached hydrogen (secondary N) is 1. The van der Waals surface area contributed by atoms with Crippen molar-refractivity contribution in [2.24, 2.45) is 0 Å². The maximum absolute atomic E-state index is 12.1. The van der Waals surface area contributed by atoms with Gasteiger partial charge in [-0.2, -0.15) is 0 Å². The Bertz CT molecular complexity index is 748. The van der Waals surface area contributed by atoms with Crippen molar-refractivity contribution in [1.82, 2.24) is 4.98 Å². The number of aromatic nitrogens is 1. The molecule has 1 N–H and O–H groups in total. The minimum absolute atomic E-state index is 0.104. The Kier molecular flexibility index (Phi) is 6.17. The lowest BCUT2D eigenvalue weighted by molar-refractivity contribution is -0.123. The van der Waals surface area contributed by atoms with E-state index in [1.807, 2.05) is 19.1 Å². The van der Waals surface area contributed by atoms with Crippen LogP contribution in [0, 0.1) is 0 Å². The molecule has 126 valence electrons. The fraction of sp³-hybridized carbons (Fsp3) is 0.235. The van der Waals surface area contributed by atoms with Crippen LogP contribution in [-0.2, 0) is 16.0 Å². The van der Waals surface area contributed by atoms with E-state index in [0.29, 0.717) is 5.69 Å². The molecule has 2 aromatic rings. The highest BCUT2D eigenvalue weighted by atomic mass is 35.5. The van der Waals surface area contributed by atoms with E-state index in [1.54, 1.807) is 12.1 Å². The van der Waals surface area contributed by atoms with Crippen LogP contribution in [0.3, 0.4) is 0 Å². The summed E-state index contributed by atoms with van der Waals surface area (Å²) in [5, 5.41) is 2.89. The third kappa shape index (κ3) is 4.69. The van der Waals surface area contributed by atoms with Crippen LogP contribution in [-0.4, -0.2) is 23.0 Å². The Labute approximate surface area is 149 Å². The van der Waals surface area contributed by atoms with Gasteiger partial charge in [0.15, 0.2) is 11.8 Å². The zero-order valence-electron chi connectivity index (χ0n) is 13.2. The maximum Gasteiger partial charge on any atom is 0.359 e. The van der Waals surface area contributed by atoms with E-state index in [9.17, 15) is 9.59 Å². The standard InChI is InChI=1S/C17H16Cl2N2O3/c1-3-11-4-6-12(7-5-11)20-16(22)10(2)24-17(23)15-13(18)8-9-14(19)21-15/h4-10H,3H2,1-2H3,(H,20,22)/t10-/m1/s1. The van der Waals surface area contributed by atoms with Crippen LogP contribution in [0.2, 0.25) is 10.2 Å². The predicted octanol–water partition coefficient (Wildman–Crippen LogP) is 4.13. The van der Waals surface area contributed by atoms with Gasteiger partial charge in [-0.05, 0) is 43.2 Å². The van der Waals surface area contributed by atoms with Gasteiger partial charge < -0.3 is 10.1 Å². The van der Waals surface area contributed by atoms with Crippen molar-refractivity contribution in [2.45, 2.75) is 26.4 Å². The number of amides is 1. The minimum Gasteiger partial charge on any atom is -0.448 e. The molecule has 5 nitrogen and oxygen atoms in total. The largest absolute Gasteiger partial charge is 0.448 e. The lowest BCUT2D eigenvalue weighted by Gasteiger charge is -2.14. The number of pyridine rings is 1. The van der Waals surface area contributed by atoms with E-state index in [4.69, 9.17) is 27.9 Å². The van der Waals surface area contributed by atoms with E-state index in [0.717, 1.165) is 12.0 Å². The van der Waals surface area contributed by atoms with Gasteiger partial charge in [0, 0.05) is 5.69 Å². The Morgan fingerprint density at radius 3 is 2.46 bits per heavy atom. The summed E-state index contributed by atoms with van der Waals surface area (Å²) in [7, 11) is 0. The van der Waals surface area contributed by atoms with Gasteiger partial charge in [0.05, 0.1) is 5.02 Å². The lowest BCUT2D eigenvalue weighted by atomic mass is 10.1. The number of benzene rings is 1. The molecule has 0 aliphatic heterocycles. The normalized spacial score (nSPS) is 11.7. The first kappa shape index (κ1) is 18.2. The molecular formula is C17H16Cl2N2O3.